The van der Waals surface area contributed by atoms with E-state index in [1.54, 1.807) is 0 Å². The van der Waals surface area contributed by atoms with Crippen LogP contribution in [0.5, 0.6) is 0 Å². The Labute approximate surface area is 117 Å². The molecule has 0 aromatic heterocycles. The van der Waals surface area contributed by atoms with E-state index in [0.717, 1.165) is 12.8 Å². The second kappa shape index (κ2) is 6.70. The van der Waals surface area contributed by atoms with Gasteiger partial charge in [-0.15, -0.1) is 0 Å². The van der Waals surface area contributed by atoms with Crippen LogP contribution in [-0.4, -0.2) is 33.2 Å². The standard InChI is InChI=1S/C12H24N4O2S/c1-8(15-19(17)12(3,4)5)11-7-6-10(14-16-13)9(2)18-11/h8-11,15H,6-7H2,1-5H3/t8-,9?,10?,11+,19-/m1/s1. The first-order valence-corrected chi connectivity index (χ1v) is 7.78. The minimum atomic E-state index is -1.10. The first-order chi connectivity index (χ1) is 8.75. The van der Waals surface area contributed by atoms with Crippen molar-refractivity contribution >= 4 is 11.0 Å². The van der Waals surface area contributed by atoms with Crippen LogP contribution >= 0.6 is 0 Å². The van der Waals surface area contributed by atoms with Gasteiger partial charge in [-0.05, 0) is 53.0 Å². The maximum absolute atomic E-state index is 12.0. The molecule has 6 nitrogen and oxygen atoms in total. The second-order valence-electron chi connectivity index (χ2n) is 6.02. The Morgan fingerprint density at radius 3 is 2.58 bits per heavy atom. The van der Waals surface area contributed by atoms with Crippen LogP contribution in [0.15, 0.2) is 5.11 Å². The Balaban J connectivity index is 2.54. The molecule has 0 aromatic carbocycles. The van der Waals surface area contributed by atoms with Crippen LogP contribution < -0.4 is 4.72 Å². The lowest BCUT2D eigenvalue weighted by Crippen LogP contribution is -2.49. The van der Waals surface area contributed by atoms with Crippen LogP contribution in [0.25, 0.3) is 10.4 Å². The van der Waals surface area contributed by atoms with Gasteiger partial charge in [0, 0.05) is 11.0 Å². The van der Waals surface area contributed by atoms with E-state index >= 15 is 0 Å². The molecular formula is C12H24N4O2S. The molecule has 5 atom stereocenters. The van der Waals surface area contributed by atoms with Crippen LogP contribution in [-0.2, 0) is 15.7 Å². The van der Waals surface area contributed by atoms with Crippen LogP contribution in [0.4, 0.5) is 0 Å². The van der Waals surface area contributed by atoms with Crippen LogP contribution in [0.2, 0.25) is 0 Å². The summed E-state index contributed by atoms with van der Waals surface area (Å²) in [4.78, 5) is 2.84. The molecule has 0 spiro atoms. The summed E-state index contributed by atoms with van der Waals surface area (Å²) in [6.07, 6.45) is 1.53. The van der Waals surface area contributed by atoms with E-state index in [0.29, 0.717) is 0 Å². The van der Waals surface area contributed by atoms with E-state index in [1.807, 2.05) is 34.6 Å². The van der Waals surface area contributed by atoms with Crippen molar-refractivity contribution in [2.24, 2.45) is 5.11 Å². The predicted molar refractivity (Wildman–Crippen MR) is 77.0 cm³/mol. The first kappa shape index (κ1) is 16.4. The van der Waals surface area contributed by atoms with Gasteiger partial charge in [0.05, 0.1) is 34.0 Å². The second-order valence-corrected chi connectivity index (χ2v) is 8.01. The normalized spacial score (nSPS) is 31.3. The molecule has 0 aliphatic carbocycles. The molecule has 0 aromatic rings. The van der Waals surface area contributed by atoms with Gasteiger partial charge in [-0.2, -0.15) is 0 Å². The molecule has 1 N–H and O–H groups in total. The van der Waals surface area contributed by atoms with Crippen molar-refractivity contribution in [1.82, 2.24) is 4.72 Å². The van der Waals surface area contributed by atoms with E-state index in [2.05, 4.69) is 14.7 Å². The number of nitrogens with one attached hydrogen (secondary N) is 1. The quantitative estimate of drug-likeness (QED) is 0.490. The summed E-state index contributed by atoms with van der Waals surface area (Å²) < 4.78 is 20.7. The van der Waals surface area contributed by atoms with Crippen molar-refractivity contribution < 1.29 is 8.95 Å². The number of azide groups is 1. The zero-order valence-corrected chi connectivity index (χ0v) is 13.1. The fourth-order valence-electron chi connectivity index (χ4n) is 2.01. The highest BCUT2D eigenvalue weighted by molar-refractivity contribution is 7.84. The maximum Gasteiger partial charge on any atom is 0.0973 e. The topological polar surface area (TPSA) is 87.1 Å². The largest absolute Gasteiger partial charge is 0.373 e. The fourth-order valence-corrected chi connectivity index (χ4v) is 2.85. The molecule has 2 unspecified atom stereocenters. The van der Waals surface area contributed by atoms with Crippen molar-refractivity contribution in [2.75, 3.05) is 0 Å². The van der Waals surface area contributed by atoms with Gasteiger partial charge in [-0.3, -0.25) is 0 Å². The Bertz CT molecular complexity index is 376. The molecule has 110 valence electrons. The molecule has 0 bridgehead atoms. The summed E-state index contributed by atoms with van der Waals surface area (Å²) in [7, 11) is -1.10. The number of rotatable bonds is 4. The van der Waals surface area contributed by atoms with Gasteiger partial charge in [0.1, 0.15) is 0 Å². The third-order valence-corrected chi connectivity index (χ3v) is 4.98. The fraction of sp³-hybridized carbons (Fsp3) is 1.00. The van der Waals surface area contributed by atoms with Gasteiger partial charge in [0.25, 0.3) is 0 Å². The minimum absolute atomic E-state index is 0.00597. The summed E-state index contributed by atoms with van der Waals surface area (Å²) in [6.45, 7) is 9.70. The molecule has 0 saturated carbocycles. The van der Waals surface area contributed by atoms with E-state index in [4.69, 9.17) is 10.3 Å². The third kappa shape index (κ3) is 4.76. The summed E-state index contributed by atoms with van der Waals surface area (Å²) >= 11 is 0. The predicted octanol–water partition coefficient (Wildman–Crippen LogP) is 2.67. The van der Waals surface area contributed by atoms with Crippen LogP contribution in [0.3, 0.4) is 0 Å². The van der Waals surface area contributed by atoms with Gasteiger partial charge in [-0.25, -0.2) is 8.93 Å². The zero-order valence-electron chi connectivity index (χ0n) is 12.3. The molecule has 1 fully saturated rings. The van der Waals surface area contributed by atoms with Crippen molar-refractivity contribution in [2.45, 2.75) is 76.5 Å². The molecule has 0 amide bonds. The minimum Gasteiger partial charge on any atom is -0.373 e. The van der Waals surface area contributed by atoms with Crippen LogP contribution in [0.1, 0.15) is 47.5 Å². The van der Waals surface area contributed by atoms with Gasteiger partial charge >= 0.3 is 0 Å². The molecule has 19 heavy (non-hydrogen) atoms. The van der Waals surface area contributed by atoms with Crippen molar-refractivity contribution in [3.05, 3.63) is 10.4 Å². The maximum atomic E-state index is 12.0. The average molecular weight is 288 g/mol. The Hall–Kier alpha value is -0.620. The summed E-state index contributed by atoms with van der Waals surface area (Å²) in [5.74, 6) is 0. The van der Waals surface area contributed by atoms with Crippen LogP contribution in [0, 0.1) is 0 Å². The number of ether oxygens (including phenoxy) is 1. The third-order valence-electron chi connectivity index (χ3n) is 3.29. The van der Waals surface area contributed by atoms with Gasteiger partial charge < -0.3 is 4.74 Å². The highest BCUT2D eigenvalue weighted by Gasteiger charge is 2.32. The van der Waals surface area contributed by atoms with Crippen molar-refractivity contribution in [3.8, 4) is 0 Å². The van der Waals surface area contributed by atoms with Crippen molar-refractivity contribution in [1.29, 1.82) is 0 Å². The molecule has 1 aliphatic heterocycles. The Morgan fingerprint density at radius 2 is 2.11 bits per heavy atom. The van der Waals surface area contributed by atoms with E-state index in [-0.39, 0.29) is 29.0 Å². The van der Waals surface area contributed by atoms with E-state index in [9.17, 15) is 4.21 Å². The van der Waals surface area contributed by atoms with E-state index < -0.39 is 11.0 Å². The average Bonchev–Trinajstić information content (AvgIpc) is 2.30. The Kier molecular flexibility index (Phi) is 5.80. The molecule has 7 heteroatoms. The molecule has 0 radical (unpaired) electrons. The molecule has 1 heterocycles. The SMILES string of the molecule is CC1O[C@H]([C@@H](C)N[S@](=O)C(C)(C)C)CCC1N=[N+]=[N-]. The summed E-state index contributed by atoms with van der Waals surface area (Å²) in [6, 6.07) is -0.0870. The van der Waals surface area contributed by atoms with Gasteiger partial charge in [-0.1, -0.05) is 5.11 Å². The number of nitrogens with zero attached hydrogens (tertiary/aromatic N) is 3. The number of hydrogen-bond acceptors (Lipinski definition) is 3. The number of hydrogen-bond donors (Lipinski definition) is 1. The molecular weight excluding hydrogens is 264 g/mol. The highest BCUT2D eigenvalue weighted by Crippen LogP contribution is 2.24. The Morgan fingerprint density at radius 1 is 1.47 bits per heavy atom. The molecule has 1 rings (SSSR count). The highest BCUT2D eigenvalue weighted by atomic mass is 32.2. The lowest BCUT2D eigenvalue weighted by molar-refractivity contribution is -0.0614. The van der Waals surface area contributed by atoms with E-state index in [1.165, 1.54) is 0 Å². The smallest absolute Gasteiger partial charge is 0.0973 e. The van der Waals surface area contributed by atoms with Gasteiger partial charge in [0.2, 0.25) is 0 Å². The zero-order chi connectivity index (χ0) is 14.6. The monoisotopic (exact) mass is 288 g/mol. The lowest BCUT2D eigenvalue weighted by Gasteiger charge is -2.36. The van der Waals surface area contributed by atoms with Gasteiger partial charge in [0.15, 0.2) is 0 Å². The molecule has 1 aliphatic rings. The lowest BCUT2D eigenvalue weighted by atomic mass is 9.97. The molecule has 1 saturated heterocycles. The summed E-state index contributed by atoms with van der Waals surface area (Å²) in [5, 5.41) is 3.73. The summed E-state index contributed by atoms with van der Waals surface area (Å²) in [5.41, 5.74) is 8.47. The van der Waals surface area contributed by atoms with Crippen molar-refractivity contribution in [3.63, 3.8) is 0 Å². The first-order valence-electron chi connectivity index (χ1n) is 6.63.